The van der Waals surface area contributed by atoms with Gasteiger partial charge in [0.15, 0.2) is 0 Å². The zero-order valence-corrected chi connectivity index (χ0v) is 38.4. The van der Waals surface area contributed by atoms with E-state index in [4.69, 9.17) is 0 Å². The molecule has 0 N–H and O–H groups in total. The second kappa shape index (κ2) is 19.4. The smallest absolute Gasteiger partial charge is 0.141 e. The maximum atomic E-state index is 4.27. The first-order valence-corrected chi connectivity index (χ1v) is 22.1. The molecule has 7 aromatic carbocycles. The van der Waals surface area contributed by atoms with Crippen molar-refractivity contribution in [1.29, 1.82) is 0 Å². The minimum atomic E-state index is 0.294. The van der Waals surface area contributed by atoms with Gasteiger partial charge in [0.2, 0.25) is 0 Å². The Balaban J connectivity index is 1.25. The largest absolute Gasteiger partial charge is 0.322 e. The summed E-state index contributed by atoms with van der Waals surface area (Å²) < 4.78 is 0. The van der Waals surface area contributed by atoms with Crippen LogP contribution >= 0.6 is 0 Å². The van der Waals surface area contributed by atoms with Crippen LogP contribution in [0.2, 0.25) is 11.6 Å². The first-order chi connectivity index (χ1) is 30.0. The number of nitrogens with zero attached hydrogens (tertiary/aromatic N) is 2. The summed E-state index contributed by atoms with van der Waals surface area (Å²) in [7, 11) is 22.5. The van der Waals surface area contributed by atoms with Crippen LogP contribution in [0.25, 0.3) is 38.2 Å². The van der Waals surface area contributed by atoms with Crippen LogP contribution in [0.3, 0.4) is 0 Å². The molecular weight excluding hydrogens is 737 g/mol. The van der Waals surface area contributed by atoms with Gasteiger partial charge in [0, 0.05) is 34.0 Å². The van der Waals surface area contributed by atoms with Crippen LogP contribution in [-0.4, -0.2) is 78.5 Å². The summed E-state index contributed by atoms with van der Waals surface area (Å²) >= 11 is 0. The Hall–Kier alpha value is -5.99. The van der Waals surface area contributed by atoms with Gasteiger partial charge in [-0.1, -0.05) is 150 Å². The van der Waals surface area contributed by atoms with E-state index >= 15 is 0 Å². The summed E-state index contributed by atoms with van der Waals surface area (Å²) in [4.78, 5) is 4.85. The van der Waals surface area contributed by atoms with Gasteiger partial charge in [0.1, 0.15) is 78.5 Å². The maximum Gasteiger partial charge on any atom is 0.141 e. The fourth-order valence-electron chi connectivity index (χ4n) is 9.06. The average molecular weight is 789 g/mol. The third-order valence-corrected chi connectivity index (χ3v) is 13.6. The molecule has 0 heterocycles. The number of rotatable bonds is 13. The molecular formula is C50H52B10N2. The quantitative estimate of drug-likeness (QED) is 0.124. The van der Waals surface area contributed by atoms with Gasteiger partial charge in [0.05, 0.1) is 11.4 Å². The number of fused-ring (bicyclic) bond motifs is 2. The molecule has 0 spiro atoms. The van der Waals surface area contributed by atoms with Gasteiger partial charge < -0.3 is 9.80 Å². The van der Waals surface area contributed by atoms with Crippen LogP contribution < -0.4 is 37.1 Å². The van der Waals surface area contributed by atoms with Gasteiger partial charge >= 0.3 is 0 Å². The minimum Gasteiger partial charge on any atom is -0.322 e. The number of hydrogen-bond donors (Lipinski definition) is 0. The fraction of sp³-hybridized carbons (Fsp3) is 0.0400. The van der Waals surface area contributed by atoms with Crippen molar-refractivity contribution in [3.8, 4) is 11.1 Å². The van der Waals surface area contributed by atoms with Gasteiger partial charge in [-0.05, 0) is 75.3 Å². The van der Waals surface area contributed by atoms with Gasteiger partial charge in [-0.3, -0.25) is 0 Å². The van der Waals surface area contributed by atoms with Crippen molar-refractivity contribution in [2.75, 3.05) is 9.80 Å². The molecule has 0 aliphatic rings. The van der Waals surface area contributed by atoms with Crippen molar-refractivity contribution < 1.29 is 0 Å². The maximum absolute atomic E-state index is 4.27. The van der Waals surface area contributed by atoms with Crippen LogP contribution in [0.1, 0.15) is 5.56 Å². The van der Waals surface area contributed by atoms with Crippen molar-refractivity contribution >= 4 is 156 Å². The van der Waals surface area contributed by atoms with Gasteiger partial charge in [-0.15, -0.1) is 22.9 Å². The molecule has 0 aliphatic heterocycles. The highest BCUT2D eigenvalue weighted by Gasteiger charge is 2.24. The van der Waals surface area contributed by atoms with Crippen LogP contribution in [0, 0.1) is 0 Å². The lowest BCUT2D eigenvalue weighted by molar-refractivity contribution is 0.915. The SMILES string of the molecule is B/C=C(/C(B)C(B)/C(B)=C/B)N(/C=C/C=C(\C=C)c1cccc(-c2ccc(N(c3c(B)c(B)c(B)c(B)c3B)c3cccc4ccccc34)cc2)c1)c1cccc2ccccc12. The molecule has 0 bridgehead atoms. The third-order valence-electron chi connectivity index (χ3n) is 13.6. The topological polar surface area (TPSA) is 6.48 Å². The Labute approximate surface area is 379 Å². The minimum absolute atomic E-state index is 0.294. The fourth-order valence-corrected chi connectivity index (χ4v) is 9.06. The van der Waals surface area contributed by atoms with E-state index < -0.39 is 0 Å². The Kier molecular flexibility index (Phi) is 13.8. The van der Waals surface area contributed by atoms with Crippen LogP contribution in [0.4, 0.5) is 22.7 Å². The Morgan fingerprint density at radius 1 is 0.565 bits per heavy atom. The molecule has 292 valence electrons. The zero-order chi connectivity index (χ0) is 44.1. The van der Waals surface area contributed by atoms with E-state index in [1.807, 2.05) is 6.08 Å². The van der Waals surface area contributed by atoms with Crippen molar-refractivity contribution in [1.82, 2.24) is 0 Å². The monoisotopic (exact) mass is 791 g/mol. The molecule has 7 aromatic rings. The van der Waals surface area contributed by atoms with E-state index in [0.29, 0.717) is 11.6 Å². The highest BCUT2D eigenvalue weighted by atomic mass is 15.1. The summed E-state index contributed by atoms with van der Waals surface area (Å²) in [5.41, 5.74) is 18.6. The van der Waals surface area contributed by atoms with E-state index in [1.54, 1.807) is 0 Å². The summed E-state index contributed by atoms with van der Waals surface area (Å²) in [5, 5.41) is 4.91. The highest BCUT2D eigenvalue weighted by Crippen LogP contribution is 2.40. The lowest BCUT2D eigenvalue weighted by Crippen LogP contribution is -2.56. The van der Waals surface area contributed by atoms with E-state index in [1.165, 1.54) is 77.1 Å². The summed E-state index contributed by atoms with van der Waals surface area (Å²) in [6, 6.07) is 48.5. The lowest BCUT2D eigenvalue weighted by atomic mass is 9.56. The second-order valence-corrected chi connectivity index (χ2v) is 16.8. The molecule has 0 amide bonds. The first kappa shape index (κ1) is 44.1. The summed E-state index contributed by atoms with van der Waals surface area (Å²) in [5.74, 6) is 5.20. The van der Waals surface area contributed by atoms with Gasteiger partial charge in [0.25, 0.3) is 0 Å². The standard InChI is InChI=1S/C50H52B10N2/c1-2-30(17-10-26-61(42(29-52)44(55)43(54)39(53)28-51)40-20-8-13-32-11-3-5-18-37(32)40)34-15-7-16-35(27-34)31-22-24-36(25-23-31)62(41-21-9-14-33-12-4-6-19-38(33)41)50-48(59)46(57)45(56)47(58)49(50)60/h2-29,43-44H,1,51-60H2/b26-10+,30-17+,39-28-,42-29-. The van der Waals surface area contributed by atoms with E-state index in [-0.39, 0.29) is 0 Å². The van der Waals surface area contributed by atoms with Crippen molar-refractivity contribution in [2.45, 2.75) is 11.6 Å². The van der Waals surface area contributed by atoms with E-state index in [0.717, 1.165) is 28.0 Å². The lowest BCUT2D eigenvalue weighted by Gasteiger charge is -2.33. The molecule has 2 nitrogen and oxygen atoms in total. The predicted molar refractivity (Wildman–Crippen MR) is 305 cm³/mol. The van der Waals surface area contributed by atoms with Crippen molar-refractivity contribution in [3.63, 3.8) is 0 Å². The molecule has 2 unspecified atom stereocenters. The van der Waals surface area contributed by atoms with Crippen molar-refractivity contribution in [2.24, 2.45) is 0 Å². The van der Waals surface area contributed by atoms with Crippen LogP contribution in [0.15, 0.2) is 188 Å². The molecule has 0 saturated heterocycles. The Bertz CT molecular complexity index is 2880. The third kappa shape index (κ3) is 8.71. The number of anilines is 4. The molecule has 0 aromatic heterocycles. The average Bonchev–Trinajstić information content (AvgIpc) is 3.31. The Morgan fingerprint density at radius 2 is 1.11 bits per heavy atom. The number of allylic oxidation sites excluding steroid dienone is 6. The Morgan fingerprint density at radius 3 is 1.71 bits per heavy atom. The molecule has 7 rings (SSSR count). The summed E-state index contributed by atoms with van der Waals surface area (Å²) in [6.45, 7) is 4.27. The van der Waals surface area contributed by atoms with E-state index in [9.17, 15) is 0 Å². The zero-order valence-electron chi connectivity index (χ0n) is 38.4. The first-order valence-electron chi connectivity index (χ1n) is 22.1. The van der Waals surface area contributed by atoms with Gasteiger partial charge in [-0.2, -0.15) is 0 Å². The number of hydrogen-bond acceptors (Lipinski definition) is 2. The summed E-state index contributed by atoms with van der Waals surface area (Å²) in [6.07, 6.45) is 8.54. The normalized spacial score (nSPS) is 13.3. The van der Waals surface area contributed by atoms with Crippen LogP contribution in [-0.2, 0) is 0 Å². The predicted octanol–water partition coefficient (Wildman–Crippen LogP) is 0.437. The molecule has 0 radical (unpaired) electrons. The molecule has 0 aliphatic carbocycles. The highest BCUT2D eigenvalue weighted by molar-refractivity contribution is 6.69. The molecule has 0 fully saturated rings. The second-order valence-electron chi connectivity index (χ2n) is 16.8. The molecule has 2 atom stereocenters. The molecule has 62 heavy (non-hydrogen) atoms. The van der Waals surface area contributed by atoms with E-state index in [2.05, 4.69) is 259 Å². The van der Waals surface area contributed by atoms with Crippen molar-refractivity contribution in [3.05, 3.63) is 193 Å². The molecule has 12 heteroatoms. The van der Waals surface area contributed by atoms with Crippen LogP contribution in [0.5, 0.6) is 0 Å². The van der Waals surface area contributed by atoms with Gasteiger partial charge in [-0.25, -0.2) is 0 Å². The number of benzene rings is 7. The molecule has 0 saturated carbocycles.